The number of thiazole rings is 1. The number of nitrogens with one attached hydrogen (secondary N) is 2. The van der Waals surface area contributed by atoms with Crippen molar-refractivity contribution >= 4 is 27.7 Å². The summed E-state index contributed by atoms with van der Waals surface area (Å²) in [6.45, 7) is 4.87. The Labute approximate surface area is 254 Å². The Balaban J connectivity index is 1.20. The van der Waals surface area contributed by atoms with E-state index in [0.29, 0.717) is 39.0 Å². The summed E-state index contributed by atoms with van der Waals surface area (Å²) in [4.78, 5) is 6.58. The highest BCUT2D eigenvalue weighted by Gasteiger charge is 2.41. The van der Waals surface area contributed by atoms with Crippen LogP contribution < -0.4 is 14.8 Å². The van der Waals surface area contributed by atoms with E-state index in [1.54, 1.807) is 30.9 Å². The molecule has 1 fully saturated rings. The maximum atomic E-state index is 13.3. The number of piperidine rings is 1. The van der Waals surface area contributed by atoms with Crippen LogP contribution in [0.2, 0.25) is 0 Å². The van der Waals surface area contributed by atoms with Crippen molar-refractivity contribution in [3.8, 4) is 5.75 Å². The van der Waals surface area contributed by atoms with Gasteiger partial charge in [0.2, 0.25) is 0 Å². The quantitative estimate of drug-likeness (QED) is 0.246. The molecule has 1 atom stereocenters. The minimum atomic E-state index is -5.00. The fourth-order valence-corrected chi connectivity index (χ4v) is 6.52. The first-order valence-electron chi connectivity index (χ1n) is 13.7. The Morgan fingerprint density at radius 3 is 2.41 bits per heavy atom. The molecule has 240 valence electrons. The minimum absolute atomic E-state index is 0.00267. The van der Waals surface area contributed by atoms with Crippen LogP contribution in [0.1, 0.15) is 72.0 Å². The van der Waals surface area contributed by atoms with E-state index in [2.05, 4.69) is 15.7 Å². The van der Waals surface area contributed by atoms with E-state index in [4.69, 9.17) is 9.17 Å². The van der Waals surface area contributed by atoms with Crippen LogP contribution in [0, 0.1) is 0 Å². The van der Waals surface area contributed by atoms with Gasteiger partial charge in [0.15, 0.2) is 5.69 Å². The molecule has 2 aliphatic heterocycles. The molecular weight excluding hydrogens is 634 g/mol. The molecule has 1 unspecified atom stereocenters. The summed E-state index contributed by atoms with van der Waals surface area (Å²) < 4.78 is 109. The number of hydrogen-bond acceptors (Lipinski definition) is 9. The maximum absolute atomic E-state index is 13.3. The average Bonchev–Trinajstić information content (AvgIpc) is 3.56. The lowest BCUT2D eigenvalue weighted by atomic mass is 9.98. The normalized spacial score (nSPS) is 19.0. The first-order chi connectivity index (χ1) is 20.6. The molecule has 0 radical (unpaired) electrons. The molecule has 1 saturated heterocycles. The average molecular weight is 665 g/mol. The molecule has 0 aliphatic carbocycles. The number of nitrogens with zero attached hydrogens (tertiary/aromatic N) is 4. The van der Waals surface area contributed by atoms with Crippen molar-refractivity contribution in [3.63, 3.8) is 0 Å². The van der Waals surface area contributed by atoms with Crippen molar-refractivity contribution in [2.24, 2.45) is 0 Å². The van der Waals surface area contributed by atoms with Gasteiger partial charge < -0.3 is 9.08 Å². The van der Waals surface area contributed by atoms with Crippen LogP contribution in [-0.2, 0) is 35.6 Å². The number of alkyl halides is 6. The zero-order valence-electron chi connectivity index (χ0n) is 23.6. The fraction of sp³-hybridized carbons (Fsp3) is 0.481. The van der Waals surface area contributed by atoms with Crippen LogP contribution in [-0.4, -0.2) is 46.4 Å². The lowest BCUT2D eigenvalue weighted by molar-refractivity contribution is -0.143. The Morgan fingerprint density at radius 1 is 1.05 bits per heavy atom. The van der Waals surface area contributed by atoms with E-state index in [1.165, 1.54) is 17.5 Å². The molecule has 0 saturated carbocycles. The molecule has 3 aromatic rings. The number of benzene rings is 1. The highest BCUT2D eigenvalue weighted by molar-refractivity contribution is 7.87. The largest absolute Gasteiger partial charge is 0.435 e. The molecule has 4 heterocycles. The number of aromatic nitrogens is 3. The van der Waals surface area contributed by atoms with E-state index >= 15 is 0 Å². The van der Waals surface area contributed by atoms with Crippen molar-refractivity contribution in [1.29, 1.82) is 0 Å². The maximum Gasteiger partial charge on any atom is 0.435 e. The monoisotopic (exact) mass is 664 g/mol. The van der Waals surface area contributed by atoms with Gasteiger partial charge in [0.25, 0.3) is 0 Å². The zero-order valence-corrected chi connectivity index (χ0v) is 25.2. The third kappa shape index (κ3) is 7.21. The molecule has 0 spiro atoms. The zero-order chi connectivity index (χ0) is 31.9. The number of fused-ring (bicyclic) bond motifs is 1. The van der Waals surface area contributed by atoms with Crippen molar-refractivity contribution < 1.29 is 38.9 Å². The molecule has 17 heteroatoms. The smallest absolute Gasteiger partial charge is 0.382 e. The van der Waals surface area contributed by atoms with E-state index < -0.39 is 39.1 Å². The van der Waals surface area contributed by atoms with Gasteiger partial charge in [-0.1, -0.05) is 12.1 Å². The first kappa shape index (κ1) is 32.2. The van der Waals surface area contributed by atoms with Gasteiger partial charge >= 0.3 is 22.5 Å². The van der Waals surface area contributed by atoms with Crippen LogP contribution in [0.5, 0.6) is 5.75 Å². The second-order valence-corrected chi connectivity index (χ2v) is 13.8. The van der Waals surface area contributed by atoms with Gasteiger partial charge in [-0.3, -0.25) is 10.6 Å². The Kier molecular flexibility index (Phi) is 9.04. The summed E-state index contributed by atoms with van der Waals surface area (Å²) in [5, 5.41) is 12.0. The van der Waals surface area contributed by atoms with Gasteiger partial charge in [0.1, 0.15) is 17.6 Å². The second kappa shape index (κ2) is 12.3. The Bertz CT molecular complexity index is 1610. The molecule has 2 aromatic heterocycles. The molecule has 0 amide bonds. The van der Waals surface area contributed by atoms with Gasteiger partial charge in [0, 0.05) is 61.5 Å². The SMILES string of the molecule is CC(C)S(=O)(=O)Oc1cccc2c1CNC(c1csc(C3CCN(C=Cn4nc(C(F)(F)F)cc4C(F)(F)F)CC3)n1)NC2. The molecule has 9 nitrogen and oxygen atoms in total. The highest BCUT2D eigenvalue weighted by Crippen LogP contribution is 2.36. The third-order valence-electron chi connectivity index (χ3n) is 7.44. The summed E-state index contributed by atoms with van der Waals surface area (Å²) in [6.07, 6.45) is -6.77. The highest BCUT2D eigenvalue weighted by atomic mass is 32.2. The van der Waals surface area contributed by atoms with E-state index in [-0.39, 0.29) is 28.6 Å². The van der Waals surface area contributed by atoms with Gasteiger partial charge in [-0.2, -0.15) is 39.9 Å². The minimum Gasteiger partial charge on any atom is -0.382 e. The number of hydrogen-bond donors (Lipinski definition) is 2. The molecule has 0 bridgehead atoms. The molecule has 5 rings (SSSR count). The second-order valence-electron chi connectivity index (χ2n) is 10.8. The van der Waals surface area contributed by atoms with Gasteiger partial charge in [0.05, 0.1) is 16.0 Å². The number of halogens is 6. The molecule has 44 heavy (non-hydrogen) atoms. The standard InChI is InChI=1S/C27H30F6N6O3S2/c1-16(2)44(40,41)42-21-5-3-4-18-13-34-24(35-14-19(18)21)20-15-43-25(36-20)17-6-8-38(9-7-17)10-11-39-23(27(31,32)33)12-22(37-39)26(28,29)30/h3-5,10-12,15-17,24,34-35H,6-9,13-14H2,1-2H3. The Morgan fingerprint density at radius 2 is 1.75 bits per heavy atom. The molecule has 2 aliphatic rings. The van der Waals surface area contributed by atoms with E-state index in [0.717, 1.165) is 28.0 Å². The lowest BCUT2D eigenvalue weighted by Gasteiger charge is -2.30. The van der Waals surface area contributed by atoms with Gasteiger partial charge in [-0.05, 0) is 38.3 Å². The fourth-order valence-electron chi connectivity index (χ4n) is 4.91. The Hall–Kier alpha value is -3.15. The van der Waals surface area contributed by atoms with E-state index in [1.807, 2.05) is 11.4 Å². The first-order valence-corrected chi connectivity index (χ1v) is 16.1. The van der Waals surface area contributed by atoms with Crippen LogP contribution in [0.25, 0.3) is 6.20 Å². The summed E-state index contributed by atoms with van der Waals surface area (Å²) in [7, 11) is -3.76. The van der Waals surface area contributed by atoms with E-state index in [9.17, 15) is 34.8 Å². The topological polar surface area (TPSA) is 101 Å². The van der Waals surface area contributed by atoms with Crippen molar-refractivity contribution in [2.75, 3.05) is 13.1 Å². The summed E-state index contributed by atoms with van der Waals surface area (Å²) in [5.41, 5.74) is -0.688. The number of rotatable bonds is 7. The lowest BCUT2D eigenvalue weighted by Crippen LogP contribution is -2.31. The van der Waals surface area contributed by atoms with Crippen LogP contribution in [0.3, 0.4) is 0 Å². The molecule has 1 aromatic carbocycles. The van der Waals surface area contributed by atoms with Crippen molar-refractivity contribution in [1.82, 2.24) is 30.3 Å². The van der Waals surface area contributed by atoms with Gasteiger partial charge in [-0.15, -0.1) is 11.3 Å². The molecular formula is C27H30F6N6O3S2. The molecule has 2 N–H and O–H groups in total. The summed E-state index contributed by atoms with van der Waals surface area (Å²) in [5.74, 6) is 0.392. The predicted molar refractivity (Wildman–Crippen MR) is 151 cm³/mol. The van der Waals surface area contributed by atoms with Gasteiger partial charge in [-0.25, -0.2) is 9.67 Å². The van der Waals surface area contributed by atoms with Crippen molar-refractivity contribution in [3.05, 3.63) is 69.1 Å². The third-order valence-corrected chi connectivity index (χ3v) is 10.0. The van der Waals surface area contributed by atoms with Crippen LogP contribution >= 0.6 is 11.3 Å². The summed E-state index contributed by atoms with van der Waals surface area (Å²) >= 11 is 1.50. The number of likely N-dealkylation sites (tertiary alicyclic amines) is 1. The van der Waals surface area contributed by atoms with Crippen LogP contribution in [0.15, 0.2) is 35.8 Å². The van der Waals surface area contributed by atoms with Crippen LogP contribution in [0.4, 0.5) is 26.3 Å². The summed E-state index contributed by atoms with van der Waals surface area (Å²) in [6, 6.07) is 5.28. The predicted octanol–water partition coefficient (Wildman–Crippen LogP) is 5.69. The van der Waals surface area contributed by atoms with Crippen molar-refractivity contribution in [2.45, 2.75) is 69.5 Å².